The Hall–Kier alpha value is -2.24. The Balaban J connectivity index is 1.64. The van der Waals surface area contributed by atoms with E-state index in [0.29, 0.717) is 22.3 Å². The second-order valence-electron chi connectivity index (χ2n) is 5.71. The zero-order chi connectivity index (χ0) is 17.8. The van der Waals surface area contributed by atoms with Crippen LogP contribution in [-0.2, 0) is 17.8 Å². The van der Waals surface area contributed by atoms with E-state index in [4.69, 9.17) is 11.6 Å². The molecule has 0 spiro atoms. The lowest BCUT2D eigenvalue weighted by Crippen LogP contribution is -2.27. The Labute approximate surface area is 154 Å². The molecule has 2 aromatic carbocycles. The van der Waals surface area contributed by atoms with Crippen molar-refractivity contribution in [2.75, 3.05) is 7.05 Å². The number of aromatic nitrogens is 1. The quantitative estimate of drug-likeness (QED) is 0.642. The van der Waals surface area contributed by atoms with Gasteiger partial charge in [0, 0.05) is 29.6 Å². The van der Waals surface area contributed by atoms with Crippen molar-refractivity contribution < 1.29 is 9.18 Å². The van der Waals surface area contributed by atoms with Crippen LogP contribution in [0.1, 0.15) is 11.3 Å². The van der Waals surface area contributed by atoms with Gasteiger partial charge < -0.3 is 4.90 Å². The minimum atomic E-state index is -0.298. The molecule has 0 aliphatic rings. The van der Waals surface area contributed by atoms with Gasteiger partial charge in [-0.3, -0.25) is 4.79 Å². The number of nitrogens with zero attached hydrogens (tertiary/aromatic N) is 2. The number of hydrogen-bond donors (Lipinski definition) is 0. The molecular weight excluding hydrogens is 359 g/mol. The number of carbonyl (C=O) groups excluding carboxylic acids is 1. The van der Waals surface area contributed by atoms with E-state index in [2.05, 4.69) is 4.98 Å². The summed E-state index contributed by atoms with van der Waals surface area (Å²) in [7, 11) is 1.76. The molecule has 128 valence electrons. The smallest absolute Gasteiger partial charge is 0.228 e. The molecule has 0 atom stereocenters. The number of amides is 1. The van der Waals surface area contributed by atoms with Gasteiger partial charge >= 0.3 is 0 Å². The fourth-order valence-corrected chi connectivity index (χ4v) is 3.33. The Morgan fingerprint density at radius 1 is 1.24 bits per heavy atom. The zero-order valence-electron chi connectivity index (χ0n) is 13.6. The van der Waals surface area contributed by atoms with Gasteiger partial charge in [-0.2, -0.15) is 0 Å². The summed E-state index contributed by atoms with van der Waals surface area (Å²) in [4.78, 5) is 18.5. The van der Waals surface area contributed by atoms with Gasteiger partial charge in [-0.1, -0.05) is 35.9 Å². The third-order valence-corrected chi connectivity index (χ3v) is 4.91. The van der Waals surface area contributed by atoms with E-state index in [-0.39, 0.29) is 18.1 Å². The summed E-state index contributed by atoms with van der Waals surface area (Å²) in [5.74, 6) is -0.320. The number of thiazole rings is 1. The third-order valence-electron chi connectivity index (χ3n) is 3.71. The molecule has 3 aromatic rings. The maximum absolute atomic E-state index is 13.3. The molecule has 0 bridgehead atoms. The summed E-state index contributed by atoms with van der Waals surface area (Å²) in [6.07, 6.45) is 0.218. The lowest BCUT2D eigenvalue weighted by Gasteiger charge is -2.16. The number of hydrogen-bond acceptors (Lipinski definition) is 3. The standard InChI is InChI=1S/C19H16ClFN2OS/c1-23(11-13-5-7-15(20)8-6-13)18(24)10-17-12-25-19(22-17)14-3-2-4-16(21)9-14/h2-9,12H,10-11H2,1H3. The molecule has 0 radical (unpaired) electrons. The van der Waals surface area contributed by atoms with Crippen molar-refractivity contribution in [2.45, 2.75) is 13.0 Å². The van der Waals surface area contributed by atoms with Crippen molar-refractivity contribution in [1.82, 2.24) is 9.88 Å². The molecular formula is C19H16ClFN2OS. The van der Waals surface area contributed by atoms with Crippen LogP contribution in [0.2, 0.25) is 5.02 Å². The van der Waals surface area contributed by atoms with Gasteiger partial charge in [0.25, 0.3) is 0 Å². The highest BCUT2D eigenvalue weighted by Crippen LogP contribution is 2.24. The summed E-state index contributed by atoms with van der Waals surface area (Å²) in [5.41, 5.74) is 2.43. The van der Waals surface area contributed by atoms with E-state index in [1.54, 1.807) is 36.2 Å². The maximum atomic E-state index is 13.3. The van der Waals surface area contributed by atoms with Crippen molar-refractivity contribution in [2.24, 2.45) is 0 Å². The van der Waals surface area contributed by atoms with Crippen LogP contribution in [-0.4, -0.2) is 22.8 Å². The van der Waals surface area contributed by atoms with Gasteiger partial charge in [0.15, 0.2) is 0 Å². The lowest BCUT2D eigenvalue weighted by atomic mass is 10.2. The minimum absolute atomic E-state index is 0.0222. The van der Waals surface area contributed by atoms with Gasteiger partial charge in [0.2, 0.25) is 5.91 Å². The highest BCUT2D eigenvalue weighted by molar-refractivity contribution is 7.13. The van der Waals surface area contributed by atoms with Crippen LogP contribution in [0.4, 0.5) is 4.39 Å². The van der Waals surface area contributed by atoms with E-state index < -0.39 is 0 Å². The number of rotatable bonds is 5. The zero-order valence-corrected chi connectivity index (χ0v) is 15.1. The monoisotopic (exact) mass is 374 g/mol. The van der Waals surface area contributed by atoms with Gasteiger partial charge in [0.1, 0.15) is 10.8 Å². The summed E-state index contributed by atoms with van der Waals surface area (Å²) >= 11 is 7.28. The third kappa shape index (κ3) is 4.65. The molecule has 0 aliphatic heterocycles. The second-order valence-corrected chi connectivity index (χ2v) is 7.00. The van der Waals surface area contributed by atoms with Gasteiger partial charge in [-0.05, 0) is 29.8 Å². The van der Waals surface area contributed by atoms with E-state index in [9.17, 15) is 9.18 Å². The van der Waals surface area contributed by atoms with E-state index >= 15 is 0 Å². The molecule has 3 rings (SSSR count). The molecule has 0 N–H and O–H groups in total. The summed E-state index contributed by atoms with van der Waals surface area (Å²) in [6.45, 7) is 0.511. The average molecular weight is 375 g/mol. The predicted octanol–water partition coefficient (Wildman–Crippen LogP) is 4.80. The largest absolute Gasteiger partial charge is 0.341 e. The van der Waals surface area contributed by atoms with Crippen LogP contribution in [0, 0.1) is 5.82 Å². The molecule has 0 saturated carbocycles. The first-order valence-corrected chi connectivity index (χ1v) is 8.96. The highest BCUT2D eigenvalue weighted by atomic mass is 35.5. The van der Waals surface area contributed by atoms with Crippen LogP contribution in [0.25, 0.3) is 10.6 Å². The van der Waals surface area contributed by atoms with Gasteiger partial charge in [0.05, 0.1) is 12.1 Å². The number of benzene rings is 2. The first-order valence-electron chi connectivity index (χ1n) is 7.70. The Morgan fingerprint density at radius 3 is 2.72 bits per heavy atom. The van der Waals surface area contributed by atoms with Crippen LogP contribution in [0.5, 0.6) is 0 Å². The molecule has 0 saturated heterocycles. The van der Waals surface area contributed by atoms with Crippen LogP contribution in [0.15, 0.2) is 53.9 Å². The molecule has 0 unspecified atom stereocenters. The molecule has 25 heavy (non-hydrogen) atoms. The fourth-order valence-electron chi connectivity index (χ4n) is 2.38. The topological polar surface area (TPSA) is 33.2 Å². The Morgan fingerprint density at radius 2 is 2.00 bits per heavy atom. The first-order chi connectivity index (χ1) is 12.0. The van der Waals surface area contributed by atoms with Crippen molar-refractivity contribution >= 4 is 28.8 Å². The molecule has 1 amide bonds. The van der Waals surface area contributed by atoms with Crippen LogP contribution in [0.3, 0.4) is 0 Å². The molecule has 1 heterocycles. The van der Waals surface area contributed by atoms with Crippen LogP contribution < -0.4 is 0 Å². The average Bonchev–Trinajstić information content (AvgIpc) is 3.05. The van der Waals surface area contributed by atoms with Gasteiger partial charge in [-0.15, -0.1) is 11.3 Å². The summed E-state index contributed by atoms with van der Waals surface area (Å²) in [6, 6.07) is 13.7. The fraction of sp³-hybridized carbons (Fsp3) is 0.158. The van der Waals surface area contributed by atoms with Crippen molar-refractivity contribution in [3.63, 3.8) is 0 Å². The molecule has 3 nitrogen and oxygen atoms in total. The highest BCUT2D eigenvalue weighted by Gasteiger charge is 2.13. The molecule has 6 heteroatoms. The van der Waals surface area contributed by atoms with Crippen LogP contribution >= 0.6 is 22.9 Å². The Bertz CT molecular complexity index is 879. The second kappa shape index (κ2) is 7.76. The lowest BCUT2D eigenvalue weighted by molar-refractivity contribution is -0.129. The van der Waals surface area contributed by atoms with Gasteiger partial charge in [-0.25, -0.2) is 9.37 Å². The van der Waals surface area contributed by atoms with E-state index in [1.807, 2.05) is 17.5 Å². The van der Waals surface area contributed by atoms with E-state index in [1.165, 1.54) is 23.5 Å². The summed E-state index contributed by atoms with van der Waals surface area (Å²) < 4.78 is 13.3. The molecule has 0 aliphatic carbocycles. The minimum Gasteiger partial charge on any atom is -0.341 e. The van der Waals surface area contributed by atoms with Crippen molar-refractivity contribution in [1.29, 1.82) is 0 Å². The maximum Gasteiger partial charge on any atom is 0.228 e. The van der Waals surface area contributed by atoms with Crippen molar-refractivity contribution in [3.8, 4) is 10.6 Å². The number of carbonyl (C=O) groups is 1. The summed E-state index contributed by atoms with van der Waals surface area (Å²) in [5, 5.41) is 3.22. The molecule has 1 aromatic heterocycles. The first kappa shape index (κ1) is 17.6. The molecule has 0 fully saturated rings. The van der Waals surface area contributed by atoms with Crippen molar-refractivity contribution in [3.05, 3.63) is 76.0 Å². The van der Waals surface area contributed by atoms with E-state index in [0.717, 1.165) is 11.1 Å². The SMILES string of the molecule is CN(Cc1ccc(Cl)cc1)C(=O)Cc1csc(-c2cccc(F)c2)n1. The normalized spacial score (nSPS) is 10.7. The Kier molecular flexibility index (Phi) is 5.46. The number of likely N-dealkylation sites (N-methyl/N-ethyl adjacent to an activating group) is 1. The number of halogens is 2. The predicted molar refractivity (Wildman–Crippen MR) is 99.1 cm³/mol.